The lowest BCUT2D eigenvalue weighted by molar-refractivity contribution is -0.121. The first kappa shape index (κ1) is 16.0. The van der Waals surface area contributed by atoms with Crippen molar-refractivity contribution in [2.24, 2.45) is 0 Å². The molecule has 0 aliphatic carbocycles. The molecule has 0 saturated carbocycles. The highest BCUT2D eigenvalue weighted by Crippen LogP contribution is 2.08. The number of hydrogen-bond acceptors (Lipinski definition) is 2. The van der Waals surface area contributed by atoms with Crippen LogP contribution >= 0.6 is 0 Å². The molecule has 2 aromatic carbocycles. The first-order chi connectivity index (χ1) is 10.5. The summed E-state index contributed by atoms with van der Waals surface area (Å²) in [5.41, 5.74) is 4.03. The van der Waals surface area contributed by atoms with Crippen LogP contribution in [0.1, 0.15) is 39.9 Å². The maximum absolute atomic E-state index is 12.0. The molecule has 0 spiro atoms. The van der Waals surface area contributed by atoms with Crippen molar-refractivity contribution in [2.75, 3.05) is 0 Å². The molecule has 0 bridgehead atoms. The fraction of sp³-hybridized carbons (Fsp3) is 0.263. The van der Waals surface area contributed by atoms with Crippen LogP contribution in [0.5, 0.6) is 0 Å². The first-order valence-electron chi connectivity index (χ1n) is 7.47. The molecule has 0 saturated heterocycles. The van der Waals surface area contributed by atoms with E-state index >= 15 is 0 Å². The highest BCUT2D eigenvalue weighted by molar-refractivity contribution is 5.97. The van der Waals surface area contributed by atoms with Crippen molar-refractivity contribution in [2.45, 2.75) is 33.2 Å². The number of amides is 1. The van der Waals surface area contributed by atoms with E-state index in [9.17, 15) is 9.59 Å². The van der Waals surface area contributed by atoms with Crippen LogP contribution in [-0.4, -0.2) is 11.7 Å². The van der Waals surface area contributed by atoms with Gasteiger partial charge in [-0.1, -0.05) is 59.7 Å². The van der Waals surface area contributed by atoms with Crippen LogP contribution in [-0.2, 0) is 11.3 Å². The van der Waals surface area contributed by atoms with Crippen molar-refractivity contribution in [3.63, 3.8) is 0 Å². The number of hydrogen-bond donors (Lipinski definition) is 1. The number of nitrogens with one attached hydrogen (secondary N) is 1. The minimum absolute atomic E-state index is 0.00508. The number of ketones is 1. The summed E-state index contributed by atoms with van der Waals surface area (Å²) in [4.78, 5) is 23.8. The zero-order valence-corrected chi connectivity index (χ0v) is 13.1. The lowest BCUT2D eigenvalue weighted by Gasteiger charge is -2.06. The van der Waals surface area contributed by atoms with Gasteiger partial charge >= 0.3 is 0 Å². The lowest BCUT2D eigenvalue weighted by atomic mass is 10.0. The molecule has 0 heterocycles. The highest BCUT2D eigenvalue weighted by Gasteiger charge is 2.09. The van der Waals surface area contributed by atoms with Gasteiger partial charge in [-0.05, 0) is 19.4 Å². The van der Waals surface area contributed by atoms with Gasteiger partial charge in [0.1, 0.15) is 0 Å². The van der Waals surface area contributed by atoms with Gasteiger partial charge in [0, 0.05) is 24.9 Å². The highest BCUT2D eigenvalue weighted by atomic mass is 16.2. The average molecular weight is 295 g/mol. The van der Waals surface area contributed by atoms with Gasteiger partial charge in [-0.3, -0.25) is 9.59 Å². The maximum Gasteiger partial charge on any atom is 0.220 e. The molecule has 0 fully saturated rings. The number of Topliss-reactive ketones (excluding diaryl/α,β-unsaturated/α-hetero) is 1. The molecule has 0 unspecified atom stereocenters. The van der Waals surface area contributed by atoms with Crippen LogP contribution in [0.3, 0.4) is 0 Å². The van der Waals surface area contributed by atoms with Crippen molar-refractivity contribution < 1.29 is 9.59 Å². The van der Waals surface area contributed by atoms with Crippen LogP contribution in [0, 0.1) is 13.8 Å². The zero-order valence-electron chi connectivity index (χ0n) is 13.1. The third kappa shape index (κ3) is 4.85. The predicted octanol–water partition coefficient (Wildman–Crippen LogP) is 3.58. The van der Waals surface area contributed by atoms with E-state index in [4.69, 9.17) is 0 Å². The van der Waals surface area contributed by atoms with E-state index in [0.29, 0.717) is 12.1 Å². The second kappa shape index (κ2) is 7.55. The Balaban J connectivity index is 1.76. The molecule has 0 atom stereocenters. The normalized spacial score (nSPS) is 10.3. The van der Waals surface area contributed by atoms with Gasteiger partial charge in [-0.15, -0.1) is 0 Å². The van der Waals surface area contributed by atoms with Gasteiger partial charge in [0.2, 0.25) is 5.91 Å². The van der Waals surface area contributed by atoms with Crippen molar-refractivity contribution in [1.82, 2.24) is 5.32 Å². The van der Waals surface area contributed by atoms with Crippen LogP contribution in [0.15, 0.2) is 48.5 Å². The second-order valence-electron chi connectivity index (χ2n) is 5.55. The van der Waals surface area contributed by atoms with Crippen LogP contribution < -0.4 is 5.32 Å². The summed E-state index contributed by atoms with van der Waals surface area (Å²) >= 11 is 0. The summed E-state index contributed by atoms with van der Waals surface area (Å²) in [5.74, 6) is -0.0912. The molecule has 2 rings (SSSR count). The standard InChI is InChI=1S/C19H21NO2/c1-14-3-7-16(8-4-14)13-20-19(22)12-11-18(21)17-9-5-15(2)6-10-17/h3-10H,11-13H2,1-2H3,(H,20,22). The van der Waals surface area contributed by atoms with Gasteiger partial charge in [0.05, 0.1) is 0 Å². The lowest BCUT2D eigenvalue weighted by Crippen LogP contribution is -2.23. The molecule has 0 aromatic heterocycles. The minimum atomic E-state index is -0.0963. The second-order valence-corrected chi connectivity index (χ2v) is 5.55. The number of carbonyl (C=O) groups excluding carboxylic acids is 2. The van der Waals surface area contributed by atoms with Crippen LogP contribution in [0.4, 0.5) is 0 Å². The summed E-state index contributed by atoms with van der Waals surface area (Å²) in [6, 6.07) is 15.4. The fourth-order valence-corrected chi connectivity index (χ4v) is 2.11. The molecule has 22 heavy (non-hydrogen) atoms. The summed E-state index contributed by atoms with van der Waals surface area (Å²) in [5, 5.41) is 2.84. The van der Waals surface area contributed by atoms with Crippen LogP contribution in [0.2, 0.25) is 0 Å². The number of benzene rings is 2. The van der Waals surface area contributed by atoms with E-state index in [1.54, 1.807) is 0 Å². The maximum atomic E-state index is 12.0. The van der Waals surface area contributed by atoms with Gasteiger partial charge < -0.3 is 5.32 Å². The van der Waals surface area contributed by atoms with Crippen molar-refractivity contribution in [3.05, 3.63) is 70.8 Å². The van der Waals surface area contributed by atoms with E-state index in [1.807, 2.05) is 62.4 Å². The minimum Gasteiger partial charge on any atom is -0.352 e. The Labute approximate surface area is 131 Å². The Morgan fingerprint density at radius 3 is 1.95 bits per heavy atom. The average Bonchev–Trinajstić information content (AvgIpc) is 2.52. The Morgan fingerprint density at radius 2 is 1.36 bits per heavy atom. The van der Waals surface area contributed by atoms with E-state index < -0.39 is 0 Å². The summed E-state index contributed by atoms with van der Waals surface area (Å²) < 4.78 is 0. The first-order valence-corrected chi connectivity index (χ1v) is 7.47. The van der Waals surface area contributed by atoms with Gasteiger partial charge in [-0.25, -0.2) is 0 Å². The van der Waals surface area contributed by atoms with Gasteiger partial charge in [-0.2, -0.15) is 0 Å². The molecule has 3 heteroatoms. The third-order valence-corrected chi connectivity index (χ3v) is 3.56. The molecule has 1 N–H and O–H groups in total. The molecule has 0 aliphatic heterocycles. The molecular formula is C19H21NO2. The summed E-state index contributed by atoms with van der Waals surface area (Å²) in [6.07, 6.45) is 0.460. The van der Waals surface area contributed by atoms with Crippen molar-refractivity contribution >= 4 is 11.7 Å². The molecule has 114 valence electrons. The summed E-state index contributed by atoms with van der Waals surface area (Å²) in [6.45, 7) is 4.50. The number of rotatable bonds is 6. The molecule has 0 radical (unpaired) electrons. The molecule has 3 nitrogen and oxygen atoms in total. The van der Waals surface area contributed by atoms with E-state index in [1.165, 1.54) is 5.56 Å². The monoisotopic (exact) mass is 295 g/mol. The Hall–Kier alpha value is -2.42. The smallest absolute Gasteiger partial charge is 0.220 e. The third-order valence-electron chi connectivity index (χ3n) is 3.56. The van der Waals surface area contributed by atoms with E-state index in [2.05, 4.69) is 5.32 Å². The van der Waals surface area contributed by atoms with E-state index in [0.717, 1.165) is 11.1 Å². The number of aryl methyl sites for hydroxylation is 2. The van der Waals surface area contributed by atoms with Crippen molar-refractivity contribution in [1.29, 1.82) is 0 Å². The van der Waals surface area contributed by atoms with Crippen LogP contribution in [0.25, 0.3) is 0 Å². The molecular weight excluding hydrogens is 274 g/mol. The molecule has 1 amide bonds. The molecule has 0 aliphatic rings. The van der Waals surface area contributed by atoms with Crippen molar-refractivity contribution in [3.8, 4) is 0 Å². The summed E-state index contributed by atoms with van der Waals surface area (Å²) in [7, 11) is 0. The van der Waals surface area contributed by atoms with Gasteiger partial charge in [0.25, 0.3) is 0 Å². The quantitative estimate of drug-likeness (QED) is 0.828. The van der Waals surface area contributed by atoms with Gasteiger partial charge in [0.15, 0.2) is 5.78 Å². The topological polar surface area (TPSA) is 46.2 Å². The Morgan fingerprint density at radius 1 is 0.818 bits per heavy atom. The zero-order chi connectivity index (χ0) is 15.9. The largest absolute Gasteiger partial charge is 0.352 e. The molecule has 2 aromatic rings. The van der Waals surface area contributed by atoms with E-state index in [-0.39, 0.29) is 24.5 Å². The predicted molar refractivity (Wildman–Crippen MR) is 87.8 cm³/mol. The Bertz CT molecular complexity index is 642. The Kier molecular flexibility index (Phi) is 5.48. The SMILES string of the molecule is Cc1ccc(CNC(=O)CCC(=O)c2ccc(C)cc2)cc1. The number of carbonyl (C=O) groups is 2. The fourth-order valence-electron chi connectivity index (χ4n) is 2.11.